The highest BCUT2D eigenvalue weighted by atomic mass is 32.1. The van der Waals surface area contributed by atoms with E-state index in [-0.39, 0.29) is 5.92 Å². The Kier molecular flexibility index (Phi) is 8.17. The Bertz CT molecular complexity index is 1070. The van der Waals surface area contributed by atoms with Gasteiger partial charge in [-0.1, -0.05) is 6.92 Å². The van der Waals surface area contributed by atoms with Gasteiger partial charge in [0.1, 0.15) is 18.0 Å². The van der Waals surface area contributed by atoms with Crippen LogP contribution in [0.4, 0.5) is 0 Å². The van der Waals surface area contributed by atoms with Crippen LogP contribution in [0.5, 0.6) is 0 Å². The van der Waals surface area contributed by atoms with E-state index in [2.05, 4.69) is 32.9 Å². The molecule has 0 bridgehead atoms. The highest BCUT2D eigenvalue weighted by molar-refractivity contribution is 7.18. The summed E-state index contributed by atoms with van der Waals surface area (Å²) in [6, 6.07) is 2.43. The van der Waals surface area contributed by atoms with Gasteiger partial charge in [0, 0.05) is 44.6 Å². The average Bonchev–Trinajstić information content (AvgIpc) is 3.09. The summed E-state index contributed by atoms with van der Waals surface area (Å²) in [7, 11) is 0. The molecule has 1 saturated heterocycles. The van der Waals surface area contributed by atoms with Crippen LogP contribution in [0.15, 0.2) is 38.9 Å². The van der Waals surface area contributed by atoms with Crippen LogP contribution in [0.2, 0.25) is 0 Å². The highest BCUT2D eigenvalue weighted by Crippen LogP contribution is 2.28. The monoisotopic (exact) mass is 468 g/mol. The minimum atomic E-state index is 0.172. The number of aliphatic imine (C=N–C) groups is 3. The minimum absolute atomic E-state index is 0.172. The molecule has 33 heavy (non-hydrogen) atoms. The van der Waals surface area contributed by atoms with Gasteiger partial charge in [0.25, 0.3) is 0 Å². The molecule has 2 aromatic heterocycles. The zero-order chi connectivity index (χ0) is 23.0. The quantitative estimate of drug-likeness (QED) is 0.489. The molecule has 176 valence electrons. The number of aromatic nitrogens is 2. The lowest BCUT2D eigenvalue weighted by Gasteiger charge is -2.25. The summed E-state index contributed by atoms with van der Waals surface area (Å²) in [5.74, 6) is 1.21. The van der Waals surface area contributed by atoms with Crippen molar-refractivity contribution < 1.29 is 9.47 Å². The Morgan fingerprint density at radius 1 is 1.36 bits per heavy atom. The number of rotatable bonds is 5. The van der Waals surface area contributed by atoms with Gasteiger partial charge in [-0.3, -0.25) is 9.98 Å². The molecule has 2 aliphatic rings. The van der Waals surface area contributed by atoms with Gasteiger partial charge in [-0.25, -0.2) is 15.0 Å². The molecule has 2 aromatic rings. The fourth-order valence-corrected chi connectivity index (χ4v) is 4.85. The topological polar surface area (TPSA) is 84.6 Å². The number of thiazole rings is 1. The largest absolute Gasteiger partial charge is 0.459 e. The first-order valence-electron chi connectivity index (χ1n) is 11.6. The number of ether oxygens (including phenoxy) is 2. The molecular weight excluding hydrogens is 436 g/mol. The Morgan fingerprint density at radius 2 is 2.27 bits per heavy atom. The Morgan fingerprint density at radius 3 is 3.12 bits per heavy atom. The second-order valence-electron chi connectivity index (χ2n) is 8.24. The molecule has 0 radical (unpaired) electrons. The van der Waals surface area contributed by atoms with Crippen molar-refractivity contribution in [3.05, 3.63) is 34.6 Å². The van der Waals surface area contributed by atoms with Crippen LogP contribution < -0.4 is 0 Å². The van der Waals surface area contributed by atoms with E-state index in [0.29, 0.717) is 19.2 Å². The normalized spacial score (nSPS) is 18.9. The predicted molar refractivity (Wildman–Crippen MR) is 135 cm³/mol. The second-order valence-corrected chi connectivity index (χ2v) is 9.30. The second kappa shape index (κ2) is 11.5. The molecule has 1 fully saturated rings. The zero-order valence-electron chi connectivity index (χ0n) is 19.7. The molecule has 0 saturated carbocycles. The maximum atomic E-state index is 6.01. The van der Waals surface area contributed by atoms with Crippen LogP contribution in [0.25, 0.3) is 10.2 Å². The molecule has 4 heterocycles. The first-order valence-corrected chi connectivity index (χ1v) is 12.4. The SMILES string of the molecule is CC=NC(=NCC(C)c1nc2c(C)nccc2s1)OCC1=CC(N2CCCOCC2)=NCC1. The van der Waals surface area contributed by atoms with E-state index < -0.39 is 0 Å². The minimum Gasteiger partial charge on any atom is -0.459 e. The van der Waals surface area contributed by atoms with Crippen molar-refractivity contribution in [3.8, 4) is 0 Å². The predicted octanol–water partition coefficient (Wildman–Crippen LogP) is 4.02. The van der Waals surface area contributed by atoms with Crippen LogP contribution in [0.3, 0.4) is 0 Å². The lowest BCUT2D eigenvalue weighted by Crippen LogP contribution is -2.33. The van der Waals surface area contributed by atoms with Gasteiger partial charge in [0.05, 0.1) is 28.6 Å². The van der Waals surface area contributed by atoms with Crippen LogP contribution in [0.1, 0.15) is 43.3 Å². The number of pyridine rings is 1. The molecule has 1 unspecified atom stereocenters. The highest BCUT2D eigenvalue weighted by Gasteiger charge is 2.17. The van der Waals surface area contributed by atoms with E-state index in [4.69, 9.17) is 19.5 Å². The number of nitrogens with zero attached hydrogens (tertiary/aromatic N) is 6. The summed E-state index contributed by atoms with van der Waals surface area (Å²) in [6.45, 7) is 11.3. The third kappa shape index (κ3) is 6.23. The number of hydrogen-bond acceptors (Lipinski definition) is 8. The van der Waals surface area contributed by atoms with Gasteiger partial charge in [-0.15, -0.1) is 11.3 Å². The van der Waals surface area contributed by atoms with E-state index in [1.807, 2.05) is 26.1 Å². The van der Waals surface area contributed by atoms with E-state index in [0.717, 1.165) is 72.4 Å². The lowest BCUT2D eigenvalue weighted by molar-refractivity contribution is 0.147. The number of aryl methyl sites for hydroxylation is 1. The van der Waals surface area contributed by atoms with Crippen LogP contribution >= 0.6 is 11.3 Å². The van der Waals surface area contributed by atoms with Crippen molar-refractivity contribution >= 4 is 39.6 Å². The van der Waals surface area contributed by atoms with Crippen LogP contribution in [-0.2, 0) is 9.47 Å². The summed E-state index contributed by atoms with van der Waals surface area (Å²) >= 11 is 1.70. The first-order chi connectivity index (χ1) is 16.1. The summed E-state index contributed by atoms with van der Waals surface area (Å²) in [4.78, 5) is 25.1. The molecule has 9 heteroatoms. The summed E-state index contributed by atoms with van der Waals surface area (Å²) in [5, 5.41) is 1.06. The van der Waals surface area contributed by atoms with Crippen LogP contribution in [-0.4, -0.2) is 78.9 Å². The Balaban J connectivity index is 1.37. The molecule has 8 nitrogen and oxygen atoms in total. The molecule has 2 aliphatic heterocycles. The smallest absolute Gasteiger partial charge is 0.311 e. The van der Waals surface area contributed by atoms with Gasteiger partial charge in [-0.05, 0) is 44.4 Å². The molecular formula is C24H32N6O2S. The number of dihydropyridines is 1. The maximum absolute atomic E-state index is 6.01. The van der Waals surface area contributed by atoms with Crippen molar-refractivity contribution in [1.82, 2.24) is 14.9 Å². The van der Waals surface area contributed by atoms with Gasteiger partial charge >= 0.3 is 6.02 Å². The van der Waals surface area contributed by atoms with Crippen molar-refractivity contribution in [1.29, 1.82) is 0 Å². The molecule has 0 amide bonds. The fourth-order valence-electron chi connectivity index (χ4n) is 3.79. The van der Waals surface area contributed by atoms with Crippen molar-refractivity contribution in [3.63, 3.8) is 0 Å². The Hall–Kier alpha value is -2.65. The number of amidine groups is 2. The summed E-state index contributed by atoms with van der Waals surface area (Å²) < 4.78 is 12.7. The number of fused-ring (bicyclic) bond motifs is 1. The van der Waals surface area contributed by atoms with E-state index in [1.165, 1.54) is 5.57 Å². The maximum Gasteiger partial charge on any atom is 0.311 e. The summed E-state index contributed by atoms with van der Waals surface area (Å²) in [6.07, 6.45) is 7.63. The zero-order valence-corrected chi connectivity index (χ0v) is 20.5. The number of hydrogen-bond donors (Lipinski definition) is 0. The summed E-state index contributed by atoms with van der Waals surface area (Å²) in [5.41, 5.74) is 3.15. The van der Waals surface area contributed by atoms with E-state index >= 15 is 0 Å². The van der Waals surface area contributed by atoms with Crippen molar-refractivity contribution in [2.45, 2.75) is 39.5 Å². The molecule has 0 spiro atoms. The van der Waals surface area contributed by atoms with Gasteiger partial charge in [0.2, 0.25) is 0 Å². The standard InChI is InChI=1S/C24H32N6O2S/c1-4-25-24(28-15-17(2)23-29-22-18(3)26-9-7-20(22)33-23)32-16-19-6-8-27-21(14-19)30-10-5-12-31-13-11-30/h4,7,9,14,17H,5-6,8,10-13,15-16H2,1-3H3. The third-order valence-electron chi connectivity index (χ3n) is 5.64. The van der Waals surface area contributed by atoms with Crippen molar-refractivity contribution in [2.75, 3.05) is 46.0 Å². The fraction of sp³-hybridized carbons (Fsp3) is 0.542. The molecule has 0 N–H and O–H groups in total. The van der Waals surface area contributed by atoms with E-state index in [9.17, 15) is 0 Å². The van der Waals surface area contributed by atoms with Crippen LogP contribution in [0, 0.1) is 6.92 Å². The lowest BCUT2D eigenvalue weighted by atomic mass is 10.1. The average molecular weight is 469 g/mol. The van der Waals surface area contributed by atoms with Gasteiger partial charge in [0.15, 0.2) is 0 Å². The first kappa shape index (κ1) is 23.5. The molecule has 1 atom stereocenters. The van der Waals surface area contributed by atoms with Gasteiger partial charge in [-0.2, -0.15) is 0 Å². The third-order valence-corrected chi connectivity index (χ3v) is 6.89. The van der Waals surface area contributed by atoms with Gasteiger partial charge < -0.3 is 14.4 Å². The molecule has 0 aromatic carbocycles. The van der Waals surface area contributed by atoms with E-state index in [1.54, 1.807) is 17.6 Å². The molecule has 0 aliphatic carbocycles. The molecule has 4 rings (SSSR count). The van der Waals surface area contributed by atoms with Crippen molar-refractivity contribution in [2.24, 2.45) is 15.0 Å². The Labute approximate surface area is 199 Å².